The number of hydrogen-bond donors (Lipinski definition) is 2. The summed E-state index contributed by atoms with van der Waals surface area (Å²) in [6.45, 7) is 1.93. The first-order chi connectivity index (χ1) is 13.0. The largest absolute Gasteiger partial charge is 0.508 e. The number of aromatic hydroxyl groups is 1. The molecule has 2 heterocycles. The van der Waals surface area contributed by atoms with Crippen molar-refractivity contribution in [1.29, 1.82) is 0 Å². The summed E-state index contributed by atoms with van der Waals surface area (Å²) in [6, 6.07) is 13.9. The fourth-order valence-corrected chi connectivity index (χ4v) is 3.01. The van der Waals surface area contributed by atoms with Crippen LogP contribution in [0.3, 0.4) is 0 Å². The number of benzene rings is 2. The third kappa shape index (κ3) is 3.24. The predicted octanol–water partition coefficient (Wildman–Crippen LogP) is 3.59. The number of carbonyl (C=O) groups excluding carboxylic acids is 1. The summed E-state index contributed by atoms with van der Waals surface area (Å²) in [6.07, 6.45) is 0. The molecule has 0 saturated heterocycles. The maximum Gasteiger partial charge on any atom is 0.325 e. The van der Waals surface area contributed by atoms with Crippen LogP contribution in [-0.2, 0) is 6.54 Å². The first-order valence-corrected chi connectivity index (χ1v) is 8.58. The highest BCUT2D eigenvalue weighted by atomic mass is 35.5. The van der Waals surface area contributed by atoms with E-state index in [1.165, 1.54) is 4.52 Å². The summed E-state index contributed by atoms with van der Waals surface area (Å²) in [7, 11) is 0. The summed E-state index contributed by atoms with van der Waals surface area (Å²) < 4.78 is 6.95. The lowest BCUT2D eigenvalue weighted by molar-refractivity contribution is 0.0942. The number of nitrogens with zero attached hydrogens (tertiary/aromatic N) is 3. The van der Waals surface area contributed by atoms with Crippen LogP contribution < -0.4 is 5.32 Å². The van der Waals surface area contributed by atoms with E-state index >= 15 is 0 Å². The van der Waals surface area contributed by atoms with Gasteiger partial charge in [-0.25, -0.2) is 0 Å². The Morgan fingerprint density at radius 1 is 1.26 bits per heavy atom. The molecule has 4 rings (SSSR count). The zero-order chi connectivity index (χ0) is 19.0. The minimum Gasteiger partial charge on any atom is -0.508 e. The van der Waals surface area contributed by atoms with Crippen LogP contribution in [0.15, 0.2) is 52.9 Å². The molecule has 27 heavy (non-hydrogen) atoms. The van der Waals surface area contributed by atoms with E-state index in [0.717, 1.165) is 5.56 Å². The van der Waals surface area contributed by atoms with Crippen LogP contribution >= 0.6 is 11.6 Å². The fraction of sp³-hybridized carbons (Fsp3) is 0.105. The molecule has 0 aliphatic carbocycles. The number of aromatic nitrogens is 3. The molecule has 0 aliphatic rings. The van der Waals surface area contributed by atoms with Gasteiger partial charge in [0.25, 0.3) is 5.91 Å². The van der Waals surface area contributed by atoms with Crippen LogP contribution in [0, 0.1) is 6.92 Å². The van der Waals surface area contributed by atoms with E-state index in [0.29, 0.717) is 22.2 Å². The number of phenols is 1. The maximum absolute atomic E-state index is 12.7. The second kappa shape index (κ2) is 6.77. The lowest BCUT2D eigenvalue weighted by Gasteiger charge is -2.05. The Morgan fingerprint density at radius 2 is 2.07 bits per heavy atom. The second-order valence-electron chi connectivity index (χ2n) is 5.97. The Kier molecular flexibility index (Phi) is 4.29. The Bertz CT molecular complexity index is 1150. The summed E-state index contributed by atoms with van der Waals surface area (Å²) in [5.41, 5.74) is 1.69. The van der Waals surface area contributed by atoms with Gasteiger partial charge in [-0.2, -0.15) is 9.50 Å². The summed E-state index contributed by atoms with van der Waals surface area (Å²) in [5, 5.41) is 17.2. The van der Waals surface area contributed by atoms with E-state index in [1.54, 1.807) is 37.3 Å². The molecule has 0 fully saturated rings. The third-order valence-electron chi connectivity index (χ3n) is 4.06. The molecule has 0 unspecified atom stereocenters. The summed E-state index contributed by atoms with van der Waals surface area (Å²) >= 11 is 6.20. The highest BCUT2D eigenvalue weighted by molar-refractivity contribution is 6.33. The zero-order valence-corrected chi connectivity index (χ0v) is 15.1. The smallest absolute Gasteiger partial charge is 0.325 e. The summed E-state index contributed by atoms with van der Waals surface area (Å²) in [4.78, 5) is 17.0. The molecular weight excluding hydrogens is 368 g/mol. The van der Waals surface area contributed by atoms with Crippen LogP contribution in [0.4, 0.5) is 0 Å². The molecule has 0 bridgehead atoms. The highest BCUT2D eigenvalue weighted by Crippen LogP contribution is 2.26. The Balaban J connectivity index is 1.64. The molecule has 0 atom stereocenters. The van der Waals surface area contributed by atoms with Gasteiger partial charge in [-0.15, -0.1) is 5.10 Å². The van der Waals surface area contributed by atoms with Crippen molar-refractivity contribution in [3.05, 3.63) is 70.6 Å². The number of carbonyl (C=O) groups is 1. The van der Waals surface area contributed by atoms with Crippen molar-refractivity contribution >= 4 is 23.4 Å². The SMILES string of the molecule is Cc1oc2nc(-c3ccccc3Cl)nn2c1C(=O)NCc1cccc(O)c1. The normalized spacial score (nSPS) is 11.0. The van der Waals surface area contributed by atoms with Crippen LogP contribution in [-0.4, -0.2) is 25.6 Å². The number of phenolic OH excluding ortho intramolecular Hbond substituents is 1. The van der Waals surface area contributed by atoms with Crippen molar-refractivity contribution in [3.8, 4) is 17.1 Å². The van der Waals surface area contributed by atoms with Gasteiger partial charge in [0, 0.05) is 12.1 Å². The molecule has 0 spiro atoms. The van der Waals surface area contributed by atoms with Crippen LogP contribution in [0.5, 0.6) is 5.75 Å². The molecule has 8 heteroatoms. The van der Waals surface area contributed by atoms with Gasteiger partial charge in [-0.1, -0.05) is 35.9 Å². The van der Waals surface area contributed by atoms with E-state index in [-0.39, 0.29) is 29.7 Å². The van der Waals surface area contributed by atoms with Gasteiger partial charge in [-0.3, -0.25) is 4.79 Å². The minimum atomic E-state index is -0.356. The van der Waals surface area contributed by atoms with Gasteiger partial charge >= 0.3 is 5.84 Å². The second-order valence-corrected chi connectivity index (χ2v) is 6.38. The fourth-order valence-electron chi connectivity index (χ4n) is 2.79. The average Bonchev–Trinajstić information content (AvgIpc) is 3.16. The van der Waals surface area contributed by atoms with E-state index < -0.39 is 0 Å². The van der Waals surface area contributed by atoms with Crippen molar-refractivity contribution in [2.24, 2.45) is 0 Å². The lowest BCUT2D eigenvalue weighted by Crippen LogP contribution is -2.25. The van der Waals surface area contributed by atoms with Gasteiger partial charge in [0.1, 0.15) is 11.5 Å². The summed E-state index contributed by atoms with van der Waals surface area (Å²) in [5.74, 6) is 0.782. The van der Waals surface area contributed by atoms with Gasteiger partial charge < -0.3 is 14.8 Å². The van der Waals surface area contributed by atoms with Gasteiger partial charge in [-0.05, 0) is 36.8 Å². The van der Waals surface area contributed by atoms with Crippen LogP contribution in [0.25, 0.3) is 17.2 Å². The third-order valence-corrected chi connectivity index (χ3v) is 4.39. The molecule has 136 valence electrons. The van der Waals surface area contributed by atoms with Gasteiger partial charge in [0.05, 0.1) is 5.02 Å². The molecule has 2 N–H and O–H groups in total. The highest BCUT2D eigenvalue weighted by Gasteiger charge is 2.22. The van der Waals surface area contributed by atoms with Crippen LogP contribution in [0.2, 0.25) is 5.02 Å². The first-order valence-electron chi connectivity index (χ1n) is 8.20. The number of aryl methyl sites for hydroxylation is 1. The minimum absolute atomic E-state index is 0.143. The van der Waals surface area contributed by atoms with E-state index in [2.05, 4.69) is 15.4 Å². The van der Waals surface area contributed by atoms with Crippen molar-refractivity contribution in [2.75, 3.05) is 0 Å². The molecular formula is C19H15ClN4O3. The number of rotatable bonds is 4. The number of hydrogen-bond acceptors (Lipinski definition) is 5. The van der Waals surface area contributed by atoms with Crippen molar-refractivity contribution in [3.63, 3.8) is 0 Å². The number of amides is 1. The van der Waals surface area contributed by atoms with Gasteiger partial charge in [0.15, 0.2) is 11.5 Å². The number of halogens is 1. The zero-order valence-electron chi connectivity index (χ0n) is 14.3. The molecule has 1 amide bonds. The van der Waals surface area contributed by atoms with Crippen LogP contribution in [0.1, 0.15) is 21.8 Å². The van der Waals surface area contributed by atoms with E-state index in [1.807, 2.05) is 18.2 Å². The lowest BCUT2D eigenvalue weighted by atomic mass is 10.2. The Morgan fingerprint density at radius 3 is 2.85 bits per heavy atom. The topological polar surface area (TPSA) is 92.7 Å². The number of nitrogens with one attached hydrogen (secondary N) is 1. The predicted molar refractivity (Wildman–Crippen MR) is 99.7 cm³/mol. The standard InChI is InChI=1S/C19H15ClN4O3/c1-11-16(18(26)21-10-12-5-4-6-13(25)9-12)24-19(27-11)22-17(23-24)14-7-2-3-8-15(14)20/h2-9,25H,10H2,1H3,(H,21,26). The molecule has 0 aliphatic heterocycles. The maximum atomic E-state index is 12.7. The quantitative estimate of drug-likeness (QED) is 0.562. The van der Waals surface area contributed by atoms with Crippen molar-refractivity contribution in [2.45, 2.75) is 13.5 Å². The Hall–Kier alpha value is -3.32. The molecule has 0 saturated carbocycles. The molecule has 2 aromatic heterocycles. The Labute approximate surface area is 159 Å². The molecule has 0 radical (unpaired) electrons. The van der Waals surface area contributed by atoms with Crippen molar-refractivity contribution < 1.29 is 14.3 Å². The van der Waals surface area contributed by atoms with Gasteiger partial charge in [0.2, 0.25) is 0 Å². The monoisotopic (exact) mass is 382 g/mol. The van der Waals surface area contributed by atoms with E-state index in [4.69, 9.17) is 16.0 Å². The molecule has 7 nitrogen and oxygen atoms in total. The number of oxazole rings is 1. The van der Waals surface area contributed by atoms with E-state index in [9.17, 15) is 9.90 Å². The number of fused-ring (bicyclic) bond motifs is 1. The molecule has 2 aromatic carbocycles. The van der Waals surface area contributed by atoms with Crippen molar-refractivity contribution in [1.82, 2.24) is 19.9 Å². The first kappa shape index (κ1) is 17.1. The average molecular weight is 383 g/mol. The molecule has 4 aromatic rings.